The highest BCUT2D eigenvalue weighted by molar-refractivity contribution is 5.98. The monoisotopic (exact) mass is 385 g/mol. The van der Waals surface area contributed by atoms with E-state index in [1.807, 2.05) is 5.48 Å². The molecular weight excluding hydrogens is 368 g/mol. The maximum absolute atomic E-state index is 13.7. The van der Waals surface area contributed by atoms with E-state index in [1.54, 1.807) is 43.5 Å². The van der Waals surface area contributed by atoms with Gasteiger partial charge in [-0.05, 0) is 48.5 Å². The van der Waals surface area contributed by atoms with E-state index in [2.05, 4.69) is 9.98 Å². The Labute approximate surface area is 160 Å². The Hall–Kier alpha value is -3.52. The van der Waals surface area contributed by atoms with E-state index in [0.29, 0.717) is 17.1 Å². The van der Waals surface area contributed by atoms with Crippen molar-refractivity contribution in [2.24, 2.45) is 4.99 Å². The van der Waals surface area contributed by atoms with Crippen LogP contribution in [0.15, 0.2) is 65.8 Å². The lowest BCUT2D eigenvalue weighted by Gasteiger charge is -2.09. The molecule has 6 nitrogen and oxygen atoms in total. The molecule has 0 fully saturated rings. The van der Waals surface area contributed by atoms with Crippen LogP contribution in [-0.2, 0) is 6.54 Å². The molecule has 0 amide bonds. The van der Waals surface area contributed by atoms with Crippen LogP contribution in [0, 0.1) is 11.6 Å². The molecule has 1 aromatic heterocycles. The molecule has 3 aromatic rings. The number of ether oxygens (including phenoxy) is 2. The van der Waals surface area contributed by atoms with Gasteiger partial charge in [-0.2, -0.15) is 0 Å². The van der Waals surface area contributed by atoms with Crippen molar-refractivity contribution in [3.8, 4) is 17.4 Å². The van der Waals surface area contributed by atoms with Crippen molar-refractivity contribution in [1.29, 1.82) is 0 Å². The summed E-state index contributed by atoms with van der Waals surface area (Å²) < 4.78 is 37.8. The summed E-state index contributed by atoms with van der Waals surface area (Å²) in [5, 5.41) is 9.40. The highest BCUT2D eigenvalue weighted by atomic mass is 19.1. The van der Waals surface area contributed by atoms with E-state index in [9.17, 15) is 14.0 Å². The molecule has 0 radical (unpaired) electrons. The molecule has 1 heterocycles. The summed E-state index contributed by atoms with van der Waals surface area (Å²) in [6, 6.07) is 13.2. The molecule has 0 aliphatic heterocycles. The third-order valence-corrected chi connectivity index (χ3v) is 3.81. The van der Waals surface area contributed by atoms with Crippen molar-refractivity contribution in [2.45, 2.75) is 6.54 Å². The predicted octanol–water partition coefficient (Wildman–Crippen LogP) is 4.09. The van der Waals surface area contributed by atoms with Crippen molar-refractivity contribution >= 4 is 5.84 Å². The second kappa shape index (κ2) is 8.92. The van der Waals surface area contributed by atoms with E-state index in [-0.39, 0.29) is 23.8 Å². The first-order valence-corrected chi connectivity index (χ1v) is 8.26. The van der Waals surface area contributed by atoms with E-state index in [0.717, 1.165) is 18.2 Å². The van der Waals surface area contributed by atoms with Crippen LogP contribution in [0.5, 0.6) is 17.4 Å². The lowest BCUT2D eigenvalue weighted by molar-refractivity contribution is 0.234. The zero-order valence-corrected chi connectivity index (χ0v) is 14.9. The molecule has 0 spiro atoms. The van der Waals surface area contributed by atoms with Crippen molar-refractivity contribution in [2.75, 3.05) is 7.11 Å². The highest BCUT2D eigenvalue weighted by Crippen LogP contribution is 2.23. The van der Waals surface area contributed by atoms with Crippen molar-refractivity contribution in [1.82, 2.24) is 10.5 Å². The average molecular weight is 385 g/mol. The number of hydroxylamine groups is 1. The molecule has 0 bridgehead atoms. The fourth-order valence-electron chi connectivity index (χ4n) is 2.40. The maximum atomic E-state index is 13.7. The van der Waals surface area contributed by atoms with Crippen LogP contribution >= 0.6 is 0 Å². The van der Waals surface area contributed by atoms with Crippen LogP contribution in [0.3, 0.4) is 0 Å². The number of nitrogens with one attached hydrogen (secondary N) is 1. The molecule has 0 aliphatic rings. The topological polar surface area (TPSA) is 76.0 Å². The minimum atomic E-state index is -0.583. The third kappa shape index (κ3) is 4.80. The predicted molar refractivity (Wildman–Crippen MR) is 98.8 cm³/mol. The molecule has 28 heavy (non-hydrogen) atoms. The second-order valence-electron chi connectivity index (χ2n) is 5.67. The Morgan fingerprint density at radius 3 is 2.54 bits per heavy atom. The summed E-state index contributed by atoms with van der Waals surface area (Å²) in [7, 11) is 1.57. The lowest BCUT2D eigenvalue weighted by atomic mass is 10.2. The maximum Gasteiger partial charge on any atom is 0.219 e. The van der Waals surface area contributed by atoms with Crippen LogP contribution in [0.2, 0.25) is 0 Å². The number of pyridine rings is 1. The summed E-state index contributed by atoms with van der Waals surface area (Å²) >= 11 is 0. The average Bonchev–Trinajstić information content (AvgIpc) is 2.72. The Bertz CT molecular complexity index is 979. The molecule has 3 rings (SSSR count). The van der Waals surface area contributed by atoms with Gasteiger partial charge in [-0.1, -0.05) is 0 Å². The van der Waals surface area contributed by atoms with E-state index in [1.165, 1.54) is 6.20 Å². The van der Waals surface area contributed by atoms with Gasteiger partial charge < -0.3 is 9.47 Å². The summed E-state index contributed by atoms with van der Waals surface area (Å²) in [5.74, 6) is 0.415. The number of hydrogen-bond donors (Lipinski definition) is 2. The molecule has 0 unspecified atom stereocenters. The van der Waals surface area contributed by atoms with Gasteiger partial charge >= 0.3 is 0 Å². The second-order valence-corrected chi connectivity index (χ2v) is 5.67. The van der Waals surface area contributed by atoms with Crippen LogP contribution in [-0.4, -0.2) is 23.1 Å². The molecule has 144 valence electrons. The summed E-state index contributed by atoms with van der Waals surface area (Å²) in [5.41, 5.74) is 2.49. The van der Waals surface area contributed by atoms with Gasteiger partial charge in [-0.25, -0.2) is 13.8 Å². The summed E-state index contributed by atoms with van der Waals surface area (Å²) in [6.07, 6.45) is 1.48. The van der Waals surface area contributed by atoms with E-state index < -0.39 is 11.6 Å². The lowest BCUT2D eigenvalue weighted by Crippen LogP contribution is -2.20. The SMILES string of the molecule is COc1ccc(Oc2cc(C(=NCc3cc(F)ccc3F)NO)ccn2)cc1. The van der Waals surface area contributed by atoms with Gasteiger partial charge in [0.2, 0.25) is 5.88 Å². The Kier molecular flexibility index (Phi) is 6.13. The summed E-state index contributed by atoms with van der Waals surface area (Å²) in [6.45, 7) is -0.163. The third-order valence-electron chi connectivity index (χ3n) is 3.81. The number of methoxy groups -OCH3 is 1. The van der Waals surface area contributed by atoms with Crippen LogP contribution in [0.4, 0.5) is 8.78 Å². The minimum absolute atomic E-state index is 0.0608. The number of halogens is 2. The van der Waals surface area contributed by atoms with Gasteiger partial charge in [0.05, 0.1) is 13.7 Å². The number of benzene rings is 2. The van der Waals surface area contributed by atoms with Gasteiger partial charge in [0.25, 0.3) is 0 Å². The van der Waals surface area contributed by atoms with Crippen LogP contribution in [0.1, 0.15) is 11.1 Å². The number of rotatable bonds is 6. The molecule has 0 saturated carbocycles. The van der Waals surface area contributed by atoms with Crippen molar-refractivity contribution < 1.29 is 23.5 Å². The highest BCUT2D eigenvalue weighted by Gasteiger charge is 2.08. The first-order valence-electron chi connectivity index (χ1n) is 8.26. The first-order chi connectivity index (χ1) is 13.6. The molecule has 0 atom stereocenters. The molecule has 2 aromatic carbocycles. The molecule has 2 N–H and O–H groups in total. The number of aromatic nitrogens is 1. The smallest absolute Gasteiger partial charge is 0.219 e. The van der Waals surface area contributed by atoms with Gasteiger partial charge in [-0.3, -0.25) is 15.7 Å². The van der Waals surface area contributed by atoms with Gasteiger partial charge in [0, 0.05) is 23.4 Å². The summed E-state index contributed by atoms with van der Waals surface area (Å²) in [4.78, 5) is 8.21. The van der Waals surface area contributed by atoms with Crippen molar-refractivity contribution in [3.63, 3.8) is 0 Å². The Morgan fingerprint density at radius 2 is 1.82 bits per heavy atom. The Balaban J connectivity index is 1.78. The van der Waals surface area contributed by atoms with E-state index in [4.69, 9.17) is 9.47 Å². The zero-order chi connectivity index (χ0) is 19.9. The molecule has 8 heteroatoms. The van der Waals surface area contributed by atoms with E-state index >= 15 is 0 Å². The van der Waals surface area contributed by atoms with Gasteiger partial charge in [0.1, 0.15) is 23.1 Å². The standard InChI is InChI=1S/C20H17F2N3O3/c1-27-16-3-5-17(6-4-16)28-19-11-13(8-9-23-19)20(25-26)24-12-14-10-15(21)2-7-18(14)22/h2-11,26H,12H2,1H3,(H,24,25). The van der Waals surface area contributed by atoms with Crippen LogP contribution in [0.25, 0.3) is 0 Å². The number of aliphatic imine (C=N–C) groups is 1. The Morgan fingerprint density at radius 1 is 1.07 bits per heavy atom. The largest absolute Gasteiger partial charge is 0.497 e. The zero-order valence-electron chi connectivity index (χ0n) is 14.9. The van der Waals surface area contributed by atoms with Gasteiger partial charge in [-0.15, -0.1) is 0 Å². The number of hydrogen-bond acceptors (Lipinski definition) is 5. The minimum Gasteiger partial charge on any atom is -0.497 e. The normalized spacial score (nSPS) is 11.2. The quantitative estimate of drug-likeness (QED) is 0.380. The van der Waals surface area contributed by atoms with Crippen molar-refractivity contribution in [3.05, 3.63) is 83.6 Å². The van der Waals surface area contributed by atoms with Gasteiger partial charge in [0.15, 0.2) is 5.84 Å². The molecule has 0 saturated heterocycles. The first kappa shape index (κ1) is 19.2. The molecular formula is C20H17F2N3O3. The fourth-order valence-corrected chi connectivity index (χ4v) is 2.40. The molecule has 0 aliphatic carbocycles. The number of amidine groups is 1. The van der Waals surface area contributed by atoms with Crippen LogP contribution < -0.4 is 15.0 Å². The fraction of sp³-hybridized carbons (Fsp3) is 0.100. The number of nitrogens with zero attached hydrogens (tertiary/aromatic N) is 2.